The normalized spacial score (nSPS) is 11.0. The second kappa shape index (κ2) is 8.17. The topological polar surface area (TPSA) is 120 Å². The van der Waals surface area contributed by atoms with E-state index in [0.717, 1.165) is 5.56 Å². The minimum Gasteiger partial charge on any atom is -0.459 e. The van der Waals surface area contributed by atoms with E-state index in [0.29, 0.717) is 22.8 Å². The Bertz CT molecular complexity index is 1170. The number of furan rings is 1. The van der Waals surface area contributed by atoms with Gasteiger partial charge in [0.1, 0.15) is 18.1 Å². The number of rotatable bonds is 6. The van der Waals surface area contributed by atoms with E-state index in [1.165, 1.54) is 12.1 Å². The Morgan fingerprint density at radius 1 is 1.00 bits per heavy atom. The third-order valence-corrected chi connectivity index (χ3v) is 4.01. The van der Waals surface area contributed by atoms with Crippen molar-refractivity contribution in [3.05, 3.63) is 88.8 Å². The molecule has 0 saturated carbocycles. The van der Waals surface area contributed by atoms with Crippen molar-refractivity contribution in [3.63, 3.8) is 0 Å². The maximum absolute atomic E-state index is 10.9. The first-order valence-corrected chi connectivity index (χ1v) is 8.65. The highest BCUT2D eigenvalue weighted by Gasteiger charge is 2.10. The summed E-state index contributed by atoms with van der Waals surface area (Å²) in [5, 5.41) is 26.7. The van der Waals surface area contributed by atoms with Gasteiger partial charge in [0.2, 0.25) is 0 Å². The molecule has 0 amide bonds. The molecule has 9 heteroatoms. The Hall–Kier alpha value is -4.27. The second-order valence-electron chi connectivity index (χ2n) is 5.98. The van der Waals surface area contributed by atoms with Gasteiger partial charge in [-0.05, 0) is 12.1 Å². The predicted molar refractivity (Wildman–Crippen MR) is 104 cm³/mol. The van der Waals surface area contributed by atoms with Crippen molar-refractivity contribution < 1.29 is 9.34 Å². The summed E-state index contributed by atoms with van der Waals surface area (Å²) >= 11 is 0. The molecule has 0 radical (unpaired) electrons. The van der Waals surface area contributed by atoms with E-state index in [4.69, 9.17) is 4.42 Å². The molecule has 0 aliphatic carbocycles. The van der Waals surface area contributed by atoms with Crippen LogP contribution < -0.4 is 0 Å². The molecule has 4 aromatic rings. The average Bonchev–Trinajstić information content (AvgIpc) is 3.24. The van der Waals surface area contributed by atoms with E-state index >= 15 is 0 Å². The molecule has 0 aliphatic rings. The van der Waals surface area contributed by atoms with Crippen LogP contribution in [-0.4, -0.2) is 20.1 Å². The fourth-order valence-corrected chi connectivity index (χ4v) is 2.64. The van der Waals surface area contributed by atoms with Crippen LogP contribution in [0.5, 0.6) is 0 Å². The van der Waals surface area contributed by atoms with Gasteiger partial charge in [0.25, 0.3) is 11.6 Å². The van der Waals surface area contributed by atoms with Gasteiger partial charge in [-0.15, -0.1) is 10.2 Å². The van der Waals surface area contributed by atoms with Gasteiger partial charge >= 0.3 is 0 Å². The third-order valence-electron chi connectivity index (χ3n) is 4.01. The molecule has 2 aromatic carbocycles. The molecular formula is C20H14N6O3. The molecule has 0 saturated heterocycles. The molecular weight excluding hydrogens is 372 g/mol. The molecule has 0 aliphatic heterocycles. The highest BCUT2D eigenvalue weighted by atomic mass is 16.6. The van der Waals surface area contributed by atoms with Crippen molar-refractivity contribution in [3.8, 4) is 22.6 Å². The van der Waals surface area contributed by atoms with Gasteiger partial charge in [0.05, 0.1) is 16.8 Å². The Balaban J connectivity index is 1.46. The molecule has 0 bridgehead atoms. The number of nitrogens with zero attached hydrogens (tertiary/aromatic N) is 6. The van der Waals surface area contributed by atoms with Crippen molar-refractivity contribution >= 4 is 11.6 Å². The van der Waals surface area contributed by atoms with Gasteiger partial charge in [0, 0.05) is 23.3 Å². The first-order chi connectivity index (χ1) is 14.2. The predicted octanol–water partition coefficient (Wildman–Crippen LogP) is 4.99. The number of nitro groups is 1. The van der Waals surface area contributed by atoms with Crippen molar-refractivity contribution in [2.45, 2.75) is 6.54 Å². The first kappa shape index (κ1) is 18.1. The Morgan fingerprint density at radius 2 is 1.83 bits per heavy atom. The fraction of sp³-hybridized carbons (Fsp3) is 0.0500. The van der Waals surface area contributed by atoms with Crippen LogP contribution in [0.1, 0.15) is 5.76 Å². The van der Waals surface area contributed by atoms with Crippen LogP contribution in [0, 0.1) is 10.1 Å². The molecule has 0 atom stereocenters. The zero-order valence-corrected chi connectivity index (χ0v) is 15.0. The van der Waals surface area contributed by atoms with Crippen LogP contribution in [0.15, 0.2) is 87.6 Å². The van der Waals surface area contributed by atoms with Gasteiger partial charge in [-0.2, -0.15) is 10.2 Å². The molecule has 9 nitrogen and oxygen atoms in total. The summed E-state index contributed by atoms with van der Waals surface area (Å²) in [6.45, 7) is 0.174. The summed E-state index contributed by atoms with van der Waals surface area (Å²) in [6.07, 6.45) is 1.56. The highest BCUT2D eigenvalue weighted by molar-refractivity contribution is 5.61. The number of nitro benzene ring substituents is 1. The SMILES string of the molecule is O=[N+]([O-])c1cccc(-c2ccc(CN=Nc3nncc(-c4ccccc4)n3)o2)c1. The molecule has 0 fully saturated rings. The molecule has 0 unspecified atom stereocenters. The average molecular weight is 386 g/mol. The summed E-state index contributed by atoms with van der Waals surface area (Å²) in [6, 6.07) is 19.3. The molecule has 142 valence electrons. The van der Waals surface area contributed by atoms with Gasteiger partial charge in [-0.1, -0.05) is 42.5 Å². The zero-order chi connectivity index (χ0) is 20.1. The molecule has 0 spiro atoms. The van der Waals surface area contributed by atoms with E-state index in [1.807, 2.05) is 30.3 Å². The number of benzene rings is 2. The summed E-state index contributed by atoms with van der Waals surface area (Å²) in [5.41, 5.74) is 2.18. The van der Waals surface area contributed by atoms with Gasteiger partial charge in [-0.25, -0.2) is 4.98 Å². The first-order valence-electron chi connectivity index (χ1n) is 8.65. The minimum atomic E-state index is -0.445. The van der Waals surface area contributed by atoms with Crippen LogP contribution in [0.2, 0.25) is 0 Å². The maximum Gasteiger partial charge on any atom is 0.287 e. The summed E-state index contributed by atoms with van der Waals surface area (Å²) in [4.78, 5) is 14.8. The van der Waals surface area contributed by atoms with Crippen LogP contribution in [0.3, 0.4) is 0 Å². The number of hydrogen-bond acceptors (Lipinski definition) is 8. The van der Waals surface area contributed by atoms with Crippen molar-refractivity contribution in [1.29, 1.82) is 0 Å². The van der Waals surface area contributed by atoms with E-state index < -0.39 is 4.92 Å². The molecule has 29 heavy (non-hydrogen) atoms. The molecule has 2 aromatic heterocycles. The lowest BCUT2D eigenvalue weighted by molar-refractivity contribution is -0.384. The maximum atomic E-state index is 10.9. The van der Waals surface area contributed by atoms with E-state index in [-0.39, 0.29) is 18.2 Å². The number of non-ortho nitro benzene ring substituents is 1. The third kappa shape index (κ3) is 4.35. The summed E-state index contributed by atoms with van der Waals surface area (Å²) in [5.74, 6) is 1.22. The smallest absolute Gasteiger partial charge is 0.287 e. The largest absolute Gasteiger partial charge is 0.459 e. The minimum absolute atomic E-state index is 0.00286. The number of azo groups is 1. The Kier molecular flexibility index (Phi) is 5.10. The fourth-order valence-electron chi connectivity index (χ4n) is 2.64. The summed E-state index contributed by atoms with van der Waals surface area (Å²) < 4.78 is 5.70. The monoisotopic (exact) mass is 386 g/mol. The van der Waals surface area contributed by atoms with Gasteiger partial charge in [-0.3, -0.25) is 10.1 Å². The standard InChI is InChI=1S/C20H14N6O3/c27-26(28)16-8-4-7-15(11-16)19-10-9-17(29-19)12-21-24-20-23-18(13-22-25-20)14-5-2-1-3-6-14/h1-11,13H,12H2. The van der Waals surface area contributed by atoms with Crippen molar-refractivity contribution in [1.82, 2.24) is 15.2 Å². The van der Waals surface area contributed by atoms with Crippen LogP contribution in [0.4, 0.5) is 11.6 Å². The molecule has 4 rings (SSSR count). The van der Waals surface area contributed by atoms with Crippen LogP contribution in [-0.2, 0) is 6.54 Å². The second-order valence-corrected chi connectivity index (χ2v) is 5.98. The Morgan fingerprint density at radius 3 is 2.66 bits per heavy atom. The lowest BCUT2D eigenvalue weighted by atomic mass is 10.1. The van der Waals surface area contributed by atoms with E-state index in [2.05, 4.69) is 25.4 Å². The van der Waals surface area contributed by atoms with Gasteiger partial charge < -0.3 is 4.42 Å². The summed E-state index contributed by atoms with van der Waals surface area (Å²) in [7, 11) is 0. The van der Waals surface area contributed by atoms with E-state index in [1.54, 1.807) is 30.5 Å². The number of aromatic nitrogens is 3. The van der Waals surface area contributed by atoms with Crippen molar-refractivity contribution in [2.75, 3.05) is 0 Å². The van der Waals surface area contributed by atoms with Gasteiger partial charge in [0.15, 0.2) is 0 Å². The highest BCUT2D eigenvalue weighted by Crippen LogP contribution is 2.26. The van der Waals surface area contributed by atoms with Crippen LogP contribution in [0.25, 0.3) is 22.6 Å². The van der Waals surface area contributed by atoms with Crippen molar-refractivity contribution in [2.24, 2.45) is 10.2 Å². The Labute approximate surface area is 164 Å². The molecule has 0 N–H and O–H groups in total. The zero-order valence-electron chi connectivity index (χ0n) is 15.0. The lowest BCUT2D eigenvalue weighted by Crippen LogP contribution is -1.89. The lowest BCUT2D eigenvalue weighted by Gasteiger charge is -1.99. The molecule has 2 heterocycles. The van der Waals surface area contributed by atoms with Crippen LogP contribution >= 0.6 is 0 Å². The van der Waals surface area contributed by atoms with E-state index in [9.17, 15) is 10.1 Å². The number of hydrogen-bond donors (Lipinski definition) is 0. The quantitative estimate of drug-likeness (QED) is 0.261.